The van der Waals surface area contributed by atoms with Crippen LogP contribution in [-0.2, 0) is 0 Å². The van der Waals surface area contributed by atoms with Crippen molar-refractivity contribution in [2.75, 3.05) is 0 Å². The van der Waals surface area contributed by atoms with Crippen LogP contribution in [0, 0.1) is 17.8 Å². The Morgan fingerprint density at radius 1 is 1.00 bits per heavy atom. The molecule has 0 unspecified atom stereocenters. The molecule has 0 aromatic rings. The van der Waals surface area contributed by atoms with Crippen LogP contribution >= 0.6 is 0 Å². The summed E-state index contributed by atoms with van der Waals surface area (Å²) in [6, 6.07) is 0. The lowest BCUT2D eigenvalue weighted by Gasteiger charge is -2.18. The zero-order valence-corrected chi connectivity index (χ0v) is 6.44. The molecule has 0 fully saturated rings. The van der Waals surface area contributed by atoms with E-state index in [0.717, 1.165) is 0 Å². The van der Waals surface area contributed by atoms with E-state index < -0.39 is 0 Å². The molecule has 0 saturated carbocycles. The zero-order valence-electron chi connectivity index (χ0n) is 7.44. The van der Waals surface area contributed by atoms with Crippen LogP contribution in [0.4, 0.5) is 0 Å². The Labute approximate surface area is 54.7 Å². The first-order valence-electron chi connectivity index (χ1n) is 4.09. The lowest BCUT2D eigenvalue weighted by atomic mass is 9.88. The van der Waals surface area contributed by atoms with Gasteiger partial charge < -0.3 is 0 Å². The minimum Gasteiger partial charge on any atom is -0.0625 e. The Morgan fingerprint density at radius 3 is 1.38 bits per heavy atom. The molecule has 0 radical (unpaired) electrons. The number of rotatable bonds is 2. The predicted molar refractivity (Wildman–Crippen MR) is 38.8 cm³/mol. The first-order valence-corrected chi connectivity index (χ1v) is 3.38. The average molecular weight is 115 g/mol. The smallest absolute Gasteiger partial charge is 0.0233 e. The SMILES string of the molecule is [2H]CC(C(C)C)C(C)C. The quantitative estimate of drug-likeness (QED) is 0.519. The molecule has 0 atom stereocenters. The van der Waals surface area contributed by atoms with Crippen LogP contribution in [0.2, 0.25) is 0 Å². The molecule has 0 heteroatoms. The van der Waals surface area contributed by atoms with Crippen molar-refractivity contribution in [3.05, 3.63) is 0 Å². The molecule has 0 amide bonds. The Balaban J connectivity index is 3.68. The lowest BCUT2D eigenvalue weighted by Crippen LogP contribution is -2.10. The molecular weight excluding hydrogens is 96.1 g/mol. The van der Waals surface area contributed by atoms with Crippen LogP contribution in [-0.4, -0.2) is 0 Å². The summed E-state index contributed by atoms with van der Waals surface area (Å²) in [5.74, 6) is 1.93. The van der Waals surface area contributed by atoms with E-state index >= 15 is 0 Å². The molecule has 0 heterocycles. The van der Waals surface area contributed by atoms with Crippen molar-refractivity contribution in [2.24, 2.45) is 17.8 Å². The highest BCUT2D eigenvalue weighted by molar-refractivity contribution is 4.59. The van der Waals surface area contributed by atoms with Gasteiger partial charge in [0.2, 0.25) is 0 Å². The van der Waals surface area contributed by atoms with Crippen molar-refractivity contribution in [2.45, 2.75) is 34.6 Å². The van der Waals surface area contributed by atoms with Gasteiger partial charge in [-0.15, -0.1) is 0 Å². The minimum atomic E-state index is 0.579. The van der Waals surface area contributed by atoms with Gasteiger partial charge in [0, 0.05) is 1.37 Å². The maximum absolute atomic E-state index is 7.22. The largest absolute Gasteiger partial charge is 0.0625 e. The van der Waals surface area contributed by atoms with E-state index in [-0.39, 0.29) is 0 Å². The minimum absolute atomic E-state index is 0.579. The molecule has 0 bridgehead atoms. The Morgan fingerprint density at radius 2 is 1.38 bits per heavy atom. The summed E-state index contributed by atoms with van der Waals surface area (Å²) in [5, 5.41) is 0. The molecule has 0 aromatic heterocycles. The second-order valence-electron chi connectivity index (χ2n) is 3.15. The van der Waals surface area contributed by atoms with E-state index in [2.05, 4.69) is 27.7 Å². The molecule has 50 valence electrons. The van der Waals surface area contributed by atoms with Crippen molar-refractivity contribution >= 4 is 0 Å². The molecule has 8 heavy (non-hydrogen) atoms. The van der Waals surface area contributed by atoms with Crippen molar-refractivity contribution < 1.29 is 1.37 Å². The highest BCUT2D eigenvalue weighted by atomic mass is 14.2. The highest BCUT2D eigenvalue weighted by Gasteiger charge is 2.09. The monoisotopic (exact) mass is 115 g/mol. The van der Waals surface area contributed by atoms with E-state index in [1.54, 1.807) is 0 Å². The maximum Gasteiger partial charge on any atom is 0.0233 e. The molecular formula is C8H18. The van der Waals surface area contributed by atoms with Crippen LogP contribution < -0.4 is 0 Å². The van der Waals surface area contributed by atoms with Gasteiger partial charge in [-0.05, 0) is 17.8 Å². The Bertz CT molecular complexity index is 59.0. The van der Waals surface area contributed by atoms with Gasteiger partial charge >= 0.3 is 0 Å². The van der Waals surface area contributed by atoms with Crippen LogP contribution in [0.15, 0.2) is 0 Å². The number of hydrogen-bond donors (Lipinski definition) is 0. The molecule has 0 aromatic carbocycles. The van der Waals surface area contributed by atoms with Crippen molar-refractivity contribution in [3.8, 4) is 0 Å². The molecule has 0 N–H and O–H groups in total. The van der Waals surface area contributed by atoms with Gasteiger partial charge in [-0.3, -0.25) is 0 Å². The second-order valence-corrected chi connectivity index (χ2v) is 3.15. The summed E-state index contributed by atoms with van der Waals surface area (Å²) < 4.78 is 7.22. The van der Waals surface area contributed by atoms with Gasteiger partial charge in [-0.2, -0.15) is 0 Å². The van der Waals surface area contributed by atoms with Crippen molar-refractivity contribution in [1.82, 2.24) is 0 Å². The van der Waals surface area contributed by atoms with E-state index in [0.29, 0.717) is 24.7 Å². The fourth-order valence-corrected chi connectivity index (χ4v) is 0.770. The second kappa shape index (κ2) is 3.11. The van der Waals surface area contributed by atoms with E-state index in [4.69, 9.17) is 1.37 Å². The summed E-state index contributed by atoms with van der Waals surface area (Å²) in [6.45, 7) is 9.35. The standard InChI is InChI=1S/C8H18/c1-6(2)8(5)7(3)4/h6-8H,1-5H3/i5D. The normalized spacial score (nSPS) is 13.6. The molecule has 0 aliphatic heterocycles. The summed E-state index contributed by atoms with van der Waals surface area (Å²) in [6.07, 6.45) is 0. The number of hydrogen-bond acceptors (Lipinski definition) is 0. The lowest BCUT2D eigenvalue weighted by molar-refractivity contribution is 0.316. The fraction of sp³-hybridized carbons (Fsp3) is 1.00. The van der Waals surface area contributed by atoms with Crippen molar-refractivity contribution in [3.63, 3.8) is 0 Å². The van der Waals surface area contributed by atoms with E-state index in [9.17, 15) is 0 Å². The van der Waals surface area contributed by atoms with Gasteiger partial charge in [-0.1, -0.05) is 34.6 Å². The molecule has 0 nitrogen and oxygen atoms in total. The van der Waals surface area contributed by atoms with Crippen molar-refractivity contribution in [1.29, 1.82) is 0 Å². The van der Waals surface area contributed by atoms with Gasteiger partial charge in [0.25, 0.3) is 0 Å². The highest BCUT2D eigenvalue weighted by Crippen LogP contribution is 2.18. The summed E-state index contributed by atoms with van der Waals surface area (Å²) >= 11 is 0. The van der Waals surface area contributed by atoms with E-state index in [1.807, 2.05) is 0 Å². The molecule has 0 aliphatic rings. The molecule has 0 saturated heterocycles. The topological polar surface area (TPSA) is 0 Å². The van der Waals surface area contributed by atoms with Gasteiger partial charge in [-0.25, -0.2) is 0 Å². The van der Waals surface area contributed by atoms with E-state index in [1.165, 1.54) is 0 Å². The van der Waals surface area contributed by atoms with Gasteiger partial charge in [0.15, 0.2) is 0 Å². The third-order valence-corrected chi connectivity index (χ3v) is 1.71. The van der Waals surface area contributed by atoms with Crippen LogP contribution in [0.3, 0.4) is 0 Å². The van der Waals surface area contributed by atoms with Gasteiger partial charge in [0.05, 0.1) is 0 Å². The summed E-state index contributed by atoms with van der Waals surface area (Å²) in [5.41, 5.74) is 0. The van der Waals surface area contributed by atoms with Crippen LogP contribution in [0.25, 0.3) is 0 Å². The summed E-state index contributed by atoms with van der Waals surface area (Å²) in [7, 11) is 0. The average Bonchev–Trinajstić information content (AvgIpc) is 1.64. The fourth-order valence-electron chi connectivity index (χ4n) is 0.770. The first kappa shape index (κ1) is 6.12. The van der Waals surface area contributed by atoms with Gasteiger partial charge in [0.1, 0.15) is 0 Å². The molecule has 0 aliphatic carbocycles. The van der Waals surface area contributed by atoms with Crippen LogP contribution in [0.1, 0.15) is 36.0 Å². The Hall–Kier alpha value is 0. The predicted octanol–water partition coefficient (Wildman–Crippen LogP) is 2.93. The first-order chi connectivity index (χ1) is 4.09. The molecule has 0 spiro atoms. The zero-order chi connectivity index (χ0) is 7.44. The third-order valence-electron chi connectivity index (χ3n) is 1.71. The van der Waals surface area contributed by atoms with Crippen LogP contribution in [0.5, 0.6) is 0 Å². The third kappa shape index (κ3) is 2.34. The summed E-state index contributed by atoms with van der Waals surface area (Å²) in [4.78, 5) is 0. The Kier molecular flexibility index (Phi) is 2.38. The maximum atomic E-state index is 7.22. The molecule has 0 rings (SSSR count).